The number of halogens is 1. The Balaban J connectivity index is 1.12. The summed E-state index contributed by atoms with van der Waals surface area (Å²) >= 11 is 6.45. The number of fused-ring (bicyclic) bond motifs is 1. The van der Waals surface area contributed by atoms with Crippen LogP contribution in [0.1, 0.15) is 40.2 Å². The van der Waals surface area contributed by atoms with E-state index in [0.717, 1.165) is 37.2 Å². The third-order valence-electron chi connectivity index (χ3n) is 7.39. The molecule has 2 amide bonds. The number of likely N-dealkylation sites (tertiary alicyclic amines) is 1. The van der Waals surface area contributed by atoms with Crippen LogP contribution >= 0.6 is 11.6 Å². The highest BCUT2D eigenvalue weighted by atomic mass is 35.5. The zero-order valence-electron chi connectivity index (χ0n) is 20.4. The largest absolute Gasteiger partial charge is 0.381 e. The van der Waals surface area contributed by atoms with Gasteiger partial charge >= 0.3 is 0 Å². The lowest BCUT2D eigenvalue weighted by molar-refractivity contribution is -0.136. The molecule has 4 heterocycles. The first-order chi connectivity index (χ1) is 18.0. The number of benzene rings is 2. The number of amides is 2. The van der Waals surface area contributed by atoms with Crippen molar-refractivity contribution in [3.05, 3.63) is 76.4 Å². The van der Waals surface area contributed by atoms with Gasteiger partial charge in [-0.2, -0.15) is 0 Å². The van der Waals surface area contributed by atoms with Gasteiger partial charge < -0.3 is 19.9 Å². The standard InChI is InChI=1S/C28H28ClN5O3/c29-24-13-30-28(31-22-8-10-37-11-9-22)32-26(24)19-6-7-20-14-34(27(36)23(20)12-19)17-25(35)33-15-21(16-33)18-4-2-1-3-5-18/h1-7,12-13,21-22H,8-11,14-17H2,(H,30,31,32). The average molecular weight is 518 g/mol. The minimum atomic E-state index is -0.143. The zero-order chi connectivity index (χ0) is 25.4. The first-order valence-corrected chi connectivity index (χ1v) is 13.0. The summed E-state index contributed by atoms with van der Waals surface area (Å²) in [7, 11) is 0. The van der Waals surface area contributed by atoms with E-state index >= 15 is 0 Å². The number of nitrogens with zero attached hydrogens (tertiary/aromatic N) is 4. The maximum atomic E-state index is 13.2. The van der Waals surface area contributed by atoms with Crippen molar-refractivity contribution >= 4 is 29.4 Å². The summed E-state index contributed by atoms with van der Waals surface area (Å²) < 4.78 is 5.42. The molecule has 37 heavy (non-hydrogen) atoms. The molecule has 3 aliphatic rings. The van der Waals surface area contributed by atoms with Crippen LogP contribution in [0.5, 0.6) is 0 Å². The van der Waals surface area contributed by atoms with Gasteiger partial charge in [0.1, 0.15) is 6.54 Å². The van der Waals surface area contributed by atoms with Gasteiger partial charge in [0, 0.05) is 55.9 Å². The Morgan fingerprint density at radius 3 is 2.68 bits per heavy atom. The Morgan fingerprint density at radius 1 is 1.11 bits per heavy atom. The topological polar surface area (TPSA) is 87.7 Å². The van der Waals surface area contributed by atoms with Crippen LogP contribution < -0.4 is 5.32 Å². The maximum Gasteiger partial charge on any atom is 0.254 e. The van der Waals surface area contributed by atoms with Gasteiger partial charge in [-0.25, -0.2) is 9.97 Å². The molecular weight excluding hydrogens is 490 g/mol. The van der Waals surface area contributed by atoms with Crippen molar-refractivity contribution in [1.82, 2.24) is 19.8 Å². The molecule has 3 aliphatic heterocycles. The van der Waals surface area contributed by atoms with Crippen LogP contribution in [0.25, 0.3) is 11.3 Å². The summed E-state index contributed by atoms with van der Waals surface area (Å²) in [4.78, 5) is 38.5. The number of anilines is 1. The molecule has 0 bridgehead atoms. The molecule has 6 rings (SSSR count). The summed E-state index contributed by atoms with van der Waals surface area (Å²) in [6.07, 6.45) is 3.38. The third kappa shape index (κ3) is 4.91. The Bertz CT molecular complexity index is 1320. The lowest BCUT2D eigenvalue weighted by Crippen LogP contribution is -2.51. The Kier molecular flexibility index (Phi) is 6.52. The Hall–Kier alpha value is -3.49. The Morgan fingerprint density at radius 2 is 1.89 bits per heavy atom. The van der Waals surface area contributed by atoms with Crippen LogP contribution in [-0.2, 0) is 16.1 Å². The molecule has 3 aromatic rings. The number of hydrogen-bond donors (Lipinski definition) is 1. The van der Waals surface area contributed by atoms with Crippen LogP contribution in [0.4, 0.5) is 5.95 Å². The van der Waals surface area contributed by atoms with Crippen molar-refractivity contribution in [2.75, 3.05) is 38.2 Å². The highest BCUT2D eigenvalue weighted by Crippen LogP contribution is 2.32. The van der Waals surface area contributed by atoms with Gasteiger partial charge in [0.2, 0.25) is 11.9 Å². The van der Waals surface area contributed by atoms with Gasteiger partial charge in [-0.05, 0) is 30.0 Å². The van der Waals surface area contributed by atoms with Crippen molar-refractivity contribution in [3.8, 4) is 11.3 Å². The van der Waals surface area contributed by atoms with Crippen LogP contribution in [0.3, 0.4) is 0 Å². The van der Waals surface area contributed by atoms with Gasteiger partial charge in [-0.3, -0.25) is 9.59 Å². The van der Waals surface area contributed by atoms with Gasteiger partial charge in [0.15, 0.2) is 0 Å². The summed E-state index contributed by atoms with van der Waals surface area (Å²) in [6.45, 7) is 3.32. The lowest BCUT2D eigenvalue weighted by atomic mass is 9.91. The van der Waals surface area contributed by atoms with E-state index < -0.39 is 0 Å². The highest BCUT2D eigenvalue weighted by Gasteiger charge is 2.35. The van der Waals surface area contributed by atoms with E-state index in [9.17, 15) is 9.59 Å². The second-order valence-electron chi connectivity index (χ2n) is 9.86. The van der Waals surface area contributed by atoms with Gasteiger partial charge in [0.05, 0.1) is 16.9 Å². The van der Waals surface area contributed by atoms with Crippen molar-refractivity contribution in [1.29, 1.82) is 0 Å². The van der Waals surface area contributed by atoms with E-state index in [1.807, 2.05) is 41.3 Å². The number of aromatic nitrogens is 2. The Labute approximate surface area is 220 Å². The fraction of sp³-hybridized carbons (Fsp3) is 0.357. The first kappa shape index (κ1) is 23.9. The predicted octanol–water partition coefficient (Wildman–Crippen LogP) is 3.97. The molecule has 190 valence electrons. The molecular formula is C28H28ClN5O3. The van der Waals surface area contributed by atoms with Crippen molar-refractivity contribution < 1.29 is 14.3 Å². The van der Waals surface area contributed by atoms with Crippen LogP contribution in [0, 0.1) is 0 Å². The fourth-order valence-corrected chi connectivity index (χ4v) is 5.38. The van der Waals surface area contributed by atoms with Crippen molar-refractivity contribution in [3.63, 3.8) is 0 Å². The first-order valence-electron chi connectivity index (χ1n) is 12.7. The molecule has 9 heteroatoms. The predicted molar refractivity (Wildman–Crippen MR) is 140 cm³/mol. The summed E-state index contributed by atoms with van der Waals surface area (Å²) in [5.41, 5.74) is 4.06. The monoisotopic (exact) mass is 517 g/mol. The molecule has 0 saturated carbocycles. The normalized spacial score (nSPS) is 18.0. The van der Waals surface area contributed by atoms with Crippen molar-refractivity contribution in [2.45, 2.75) is 31.3 Å². The summed E-state index contributed by atoms with van der Waals surface area (Å²) in [6, 6.07) is 16.1. The third-order valence-corrected chi connectivity index (χ3v) is 7.67. The highest BCUT2D eigenvalue weighted by molar-refractivity contribution is 6.33. The van der Waals surface area contributed by atoms with E-state index in [0.29, 0.717) is 47.8 Å². The van der Waals surface area contributed by atoms with E-state index in [4.69, 9.17) is 16.3 Å². The number of hydrogen-bond acceptors (Lipinski definition) is 6. The average Bonchev–Trinajstić information content (AvgIpc) is 3.20. The number of ether oxygens (including phenoxy) is 1. The zero-order valence-corrected chi connectivity index (χ0v) is 21.2. The quantitative estimate of drug-likeness (QED) is 0.532. The van der Waals surface area contributed by atoms with Crippen molar-refractivity contribution in [2.24, 2.45) is 0 Å². The lowest BCUT2D eigenvalue weighted by Gasteiger charge is -2.40. The SMILES string of the molecule is O=C(CN1Cc2ccc(-c3nc(NC4CCOCC4)ncc3Cl)cc2C1=O)N1CC(c2ccccc2)C1. The van der Waals surface area contributed by atoms with E-state index in [-0.39, 0.29) is 24.4 Å². The second-order valence-corrected chi connectivity index (χ2v) is 10.3. The minimum Gasteiger partial charge on any atom is -0.381 e. The van der Waals surface area contributed by atoms with E-state index in [1.165, 1.54) is 5.56 Å². The van der Waals surface area contributed by atoms with Crippen LogP contribution in [0.15, 0.2) is 54.7 Å². The minimum absolute atomic E-state index is 0.0174. The molecule has 0 atom stereocenters. The van der Waals surface area contributed by atoms with Gasteiger partial charge in [-0.1, -0.05) is 54.1 Å². The number of carbonyl (C=O) groups is 2. The van der Waals surface area contributed by atoms with Crippen LogP contribution in [0.2, 0.25) is 5.02 Å². The molecule has 1 aromatic heterocycles. The molecule has 0 unspecified atom stereocenters. The van der Waals surface area contributed by atoms with Crippen LogP contribution in [-0.4, -0.2) is 70.5 Å². The maximum absolute atomic E-state index is 13.2. The molecule has 8 nitrogen and oxygen atoms in total. The molecule has 2 fully saturated rings. The van der Waals surface area contributed by atoms with E-state index in [1.54, 1.807) is 11.1 Å². The second kappa shape index (κ2) is 10.1. The van der Waals surface area contributed by atoms with E-state index in [2.05, 4.69) is 27.4 Å². The molecule has 1 N–H and O–H groups in total. The smallest absolute Gasteiger partial charge is 0.254 e. The summed E-state index contributed by atoms with van der Waals surface area (Å²) in [5.74, 6) is 0.712. The molecule has 0 radical (unpaired) electrons. The number of nitrogens with one attached hydrogen (secondary N) is 1. The number of rotatable bonds is 6. The fourth-order valence-electron chi connectivity index (χ4n) is 5.18. The van der Waals surface area contributed by atoms with Gasteiger partial charge in [0.25, 0.3) is 5.91 Å². The van der Waals surface area contributed by atoms with Gasteiger partial charge in [-0.15, -0.1) is 0 Å². The molecule has 0 aliphatic carbocycles. The molecule has 0 spiro atoms. The molecule has 2 aromatic carbocycles. The summed E-state index contributed by atoms with van der Waals surface area (Å²) in [5, 5.41) is 3.78. The number of carbonyl (C=O) groups excluding carboxylic acids is 2. The molecule has 2 saturated heterocycles.